The Morgan fingerprint density at radius 2 is 1.86 bits per heavy atom. The smallest absolute Gasteiger partial charge is 0.239 e. The molecule has 1 fully saturated rings. The van der Waals surface area contributed by atoms with Crippen molar-refractivity contribution in [1.82, 2.24) is 20.9 Å². The highest BCUT2D eigenvalue weighted by Crippen LogP contribution is 2.27. The third kappa shape index (κ3) is 7.60. The number of hydrogen-bond donors (Lipinski definition) is 3. The van der Waals surface area contributed by atoms with Crippen molar-refractivity contribution in [1.29, 1.82) is 0 Å². The SMILES string of the molecule is CN=C(NCC(=O)NCc1ccccc1)NCC(c1cccs1)N1CCCC1.I. The van der Waals surface area contributed by atoms with Crippen LogP contribution in [0.2, 0.25) is 0 Å². The summed E-state index contributed by atoms with van der Waals surface area (Å²) in [5.41, 5.74) is 1.09. The first-order valence-corrected chi connectivity index (χ1v) is 10.7. The summed E-state index contributed by atoms with van der Waals surface area (Å²) < 4.78 is 0. The van der Waals surface area contributed by atoms with Crippen molar-refractivity contribution in [2.45, 2.75) is 25.4 Å². The van der Waals surface area contributed by atoms with Crippen LogP contribution in [-0.2, 0) is 11.3 Å². The minimum atomic E-state index is -0.0545. The Morgan fingerprint density at radius 1 is 1.10 bits per heavy atom. The van der Waals surface area contributed by atoms with E-state index in [1.165, 1.54) is 17.7 Å². The lowest BCUT2D eigenvalue weighted by Gasteiger charge is -2.27. The fourth-order valence-corrected chi connectivity index (χ4v) is 4.24. The van der Waals surface area contributed by atoms with Crippen molar-refractivity contribution in [3.63, 3.8) is 0 Å². The van der Waals surface area contributed by atoms with Gasteiger partial charge in [-0.25, -0.2) is 0 Å². The van der Waals surface area contributed by atoms with E-state index in [4.69, 9.17) is 0 Å². The highest BCUT2D eigenvalue weighted by molar-refractivity contribution is 14.0. The molecule has 0 aliphatic carbocycles. The number of nitrogens with one attached hydrogen (secondary N) is 3. The van der Waals surface area contributed by atoms with Gasteiger partial charge in [0.25, 0.3) is 0 Å². The molecule has 0 radical (unpaired) electrons. The van der Waals surface area contributed by atoms with E-state index in [-0.39, 0.29) is 36.4 Å². The molecule has 1 aromatic heterocycles. The Hall–Kier alpha value is -1.65. The molecule has 8 heteroatoms. The van der Waals surface area contributed by atoms with Crippen molar-refractivity contribution in [2.75, 3.05) is 33.2 Å². The molecule has 1 unspecified atom stereocenters. The number of halogens is 1. The van der Waals surface area contributed by atoms with Gasteiger partial charge in [0.1, 0.15) is 0 Å². The number of likely N-dealkylation sites (tertiary alicyclic amines) is 1. The van der Waals surface area contributed by atoms with Crippen molar-refractivity contribution in [3.8, 4) is 0 Å². The van der Waals surface area contributed by atoms with Crippen LogP contribution in [0.4, 0.5) is 0 Å². The molecule has 6 nitrogen and oxygen atoms in total. The highest BCUT2D eigenvalue weighted by Gasteiger charge is 2.24. The maximum Gasteiger partial charge on any atom is 0.239 e. The fourth-order valence-electron chi connectivity index (χ4n) is 3.38. The summed E-state index contributed by atoms with van der Waals surface area (Å²) in [6.07, 6.45) is 2.52. The zero-order valence-corrected chi connectivity index (χ0v) is 19.9. The largest absolute Gasteiger partial charge is 0.354 e. The molecule has 1 amide bonds. The number of thiophene rings is 1. The van der Waals surface area contributed by atoms with E-state index in [1.807, 2.05) is 30.3 Å². The second kappa shape index (κ2) is 12.8. The van der Waals surface area contributed by atoms with Crippen molar-refractivity contribution in [3.05, 3.63) is 58.3 Å². The quantitative estimate of drug-likeness (QED) is 0.281. The zero-order valence-electron chi connectivity index (χ0n) is 16.8. The monoisotopic (exact) mass is 527 g/mol. The first-order chi connectivity index (χ1) is 13.8. The topological polar surface area (TPSA) is 68.8 Å². The summed E-state index contributed by atoms with van der Waals surface area (Å²) in [4.78, 5) is 20.3. The van der Waals surface area contributed by atoms with Crippen LogP contribution in [0.15, 0.2) is 52.8 Å². The molecule has 1 saturated heterocycles. The fraction of sp³-hybridized carbons (Fsp3) is 0.429. The Balaban J connectivity index is 0.00000300. The summed E-state index contributed by atoms with van der Waals surface area (Å²) in [5.74, 6) is 0.594. The first-order valence-electron chi connectivity index (χ1n) is 9.79. The summed E-state index contributed by atoms with van der Waals surface area (Å²) >= 11 is 1.79. The lowest BCUT2D eigenvalue weighted by molar-refractivity contribution is -0.120. The van der Waals surface area contributed by atoms with Gasteiger partial charge < -0.3 is 16.0 Å². The van der Waals surface area contributed by atoms with Crippen molar-refractivity contribution in [2.24, 2.45) is 4.99 Å². The molecule has 1 aliphatic heterocycles. The number of aliphatic imine (C=N–C) groups is 1. The molecular formula is C21H30IN5OS. The van der Waals surface area contributed by atoms with Gasteiger partial charge in [-0.3, -0.25) is 14.7 Å². The lowest BCUT2D eigenvalue weighted by Crippen LogP contribution is -2.45. The molecule has 158 valence electrons. The van der Waals surface area contributed by atoms with Crippen LogP contribution in [0.1, 0.15) is 29.3 Å². The van der Waals surface area contributed by atoms with E-state index in [2.05, 4.69) is 43.4 Å². The van der Waals surface area contributed by atoms with Gasteiger partial charge in [0, 0.05) is 25.0 Å². The van der Waals surface area contributed by atoms with E-state index in [0.717, 1.165) is 25.2 Å². The number of carbonyl (C=O) groups excluding carboxylic acids is 1. The third-order valence-electron chi connectivity index (χ3n) is 4.89. The summed E-state index contributed by atoms with van der Waals surface area (Å²) in [6.45, 7) is 3.77. The van der Waals surface area contributed by atoms with Gasteiger partial charge in [-0.2, -0.15) is 0 Å². The second-order valence-electron chi connectivity index (χ2n) is 6.84. The van der Waals surface area contributed by atoms with Crippen molar-refractivity contribution < 1.29 is 4.79 Å². The van der Waals surface area contributed by atoms with E-state index in [1.54, 1.807) is 18.4 Å². The maximum atomic E-state index is 12.1. The van der Waals surface area contributed by atoms with E-state index < -0.39 is 0 Å². The van der Waals surface area contributed by atoms with Gasteiger partial charge in [0.2, 0.25) is 5.91 Å². The molecule has 0 bridgehead atoms. The summed E-state index contributed by atoms with van der Waals surface area (Å²) in [7, 11) is 1.73. The van der Waals surface area contributed by atoms with Gasteiger partial charge in [-0.15, -0.1) is 35.3 Å². The van der Waals surface area contributed by atoms with Crippen LogP contribution < -0.4 is 16.0 Å². The van der Waals surface area contributed by atoms with Gasteiger partial charge in [0.05, 0.1) is 12.6 Å². The van der Waals surface area contributed by atoms with E-state index in [9.17, 15) is 4.79 Å². The van der Waals surface area contributed by atoms with Gasteiger partial charge in [0.15, 0.2) is 5.96 Å². The molecule has 1 aliphatic rings. The van der Waals surface area contributed by atoms with Crippen LogP contribution in [0, 0.1) is 0 Å². The zero-order chi connectivity index (χ0) is 19.6. The standard InChI is InChI=1S/C21H29N5OS.HI/c1-22-21(25-16-20(27)23-14-17-8-3-2-4-9-17)24-15-18(19-10-7-13-28-19)26-11-5-6-12-26;/h2-4,7-10,13,18H,5-6,11-12,14-16H2,1H3,(H,23,27)(H2,22,24,25);1H. The molecule has 2 aromatic rings. The molecule has 3 N–H and O–H groups in total. The average molecular weight is 527 g/mol. The van der Waals surface area contributed by atoms with Crippen LogP contribution in [0.5, 0.6) is 0 Å². The van der Waals surface area contributed by atoms with E-state index >= 15 is 0 Å². The minimum absolute atomic E-state index is 0. The average Bonchev–Trinajstić information content (AvgIpc) is 3.44. The lowest BCUT2D eigenvalue weighted by atomic mass is 10.2. The van der Waals surface area contributed by atoms with Crippen LogP contribution in [-0.4, -0.2) is 50.0 Å². The van der Waals surface area contributed by atoms with Gasteiger partial charge in [-0.1, -0.05) is 36.4 Å². The van der Waals surface area contributed by atoms with Gasteiger partial charge >= 0.3 is 0 Å². The molecule has 0 spiro atoms. The van der Waals surface area contributed by atoms with Crippen LogP contribution in [0.3, 0.4) is 0 Å². The molecule has 2 heterocycles. The number of hydrogen-bond acceptors (Lipinski definition) is 4. The number of nitrogens with zero attached hydrogens (tertiary/aromatic N) is 2. The Labute approximate surface area is 194 Å². The molecule has 3 rings (SSSR count). The number of amides is 1. The van der Waals surface area contributed by atoms with Crippen molar-refractivity contribution >= 4 is 47.2 Å². The molecule has 0 saturated carbocycles. The van der Waals surface area contributed by atoms with Gasteiger partial charge in [-0.05, 0) is 42.9 Å². The normalized spacial score (nSPS) is 15.4. The predicted octanol–water partition coefficient (Wildman–Crippen LogP) is 2.98. The van der Waals surface area contributed by atoms with Crippen LogP contribution in [0.25, 0.3) is 0 Å². The Morgan fingerprint density at radius 3 is 2.52 bits per heavy atom. The molecular weight excluding hydrogens is 497 g/mol. The predicted molar refractivity (Wildman–Crippen MR) is 131 cm³/mol. The van der Waals surface area contributed by atoms with E-state index in [0.29, 0.717) is 18.5 Å². The molecule has 29 heavy (non-hydrogen) atoms. The number of rotatable bonds is 8. The number of guanidine groups is 1. The number of benzene rings is 1. The minimum Gasteiger partial charge on any atom is -0.354 e. The maximum absolute atomic E-state index is 12.1. The second-order valence-corrected chi connectivity index (χ2v) is 7.82. The Kier molecular flexibility index (Phi) is 10.4. The third-order valence-corrected chi connectivity index (χ3v) is 5.86. The number of carbonyl (C=O) groups is 1. The summed E-state index contributed by atoms with van der Waals surface area (Å²) in [6, 6.07) is 14.5. The molecule has 1 atom stereocenters. The highest BCUT2D eigenvalue weighted by atomic mass is 127. The van der Waals surface area contributed by atoms with Crippen LogP contribution >= 0.6 is 35.3 Å². The first kappa shape index (κ1) is 23.6. The Bertz CT molecular complexity index is 748. The summed E-state index contributed by atoms with van der Waals surface area (Å²) in [5, 5.41) is 11.5. The molecule has 1 aromatic carbocycles.